The Balaban J connectivity index is 2.36. The normalized spacial score (nSPS) is 11.0. The zero-order chi connectivity index (χ0) is 14.7. The van der Waals surface area contributed by atoms with Crippen LogP contribution in [0.1, 0.15) is 5.82 Å². The zero-order valence-electron chi connectivity index (χ0n) is 11.4. The van der Waals surface area contributed by atoms with Gasteiger partial charge in [0.1, 0.15) is 11.4 Å². The van der Waals surface area contributed by atoms with Crippen LogP contribution in [0.3, 0.4) is 0 Å². The van der Waals surface area contributed by atoms with Gasteiger partial charge in [-0.1, -0.05) is 23.7 Å². The quantitative estimate of drug-likeness (QED) is 0.903. The Labute approximate surface area is 121 Å². The third-order valence-electron chi connectivity index (χ3n) is 2.88. The van der Waals surface area contributed by atoms with E-state index in [0.717, 1.165) is 6.54 Å². The van der Waals surface area contributed by atoms with E-state index in [4.69, 9.17) is 11.6 Å². The number of nitrogens with zero attached hydrogens (tertiary/aromatic N) is 2. The molecule has 0 aliphatic carbocycles. The summed E-state index contributed by atoms with van der Waals surface area (Å²) >= 11 is 5.81. The molecule has 1 aromatic heterocycles. The highest BCUT2D eigenvalue weighted by atomic mass is 35.5. The standard InChI is InChI=1S/C14H16ClN3O2/c1-18(2)8-7-11-16-13(19)12(14(20)17-11)9-3-5-10(15)6-4-9/h3-6H,7-8H2,1-2H3,(H2,16,17,19,20). The van der Waals surface area contributed by atoms with Gasteiger partial charge in [0.2, 0.25) is 5.88 Å². The molecule has 0 saturated carbocycles. The number of H-pyrrole nitrogens is 1. The largest absolute Gasteiger partial charge is 0.493 e. The molecule has 20 heavy (non-hydrogen) atoms. The van der Waals surface area contributed by atoms with Gasteiger partial charge >= 0.3 is 0 Å². The molecule has 0 spiro atoms. The van der Waals surface area contributed by atoms with Crippen LogP contribution in [-0.4, -0.2) is 40.6 Å². The fourth-order valence-electron chi connectivity index (χ4n) is 1.83. The van der Waals surface area contributed by atoms with Crippen LogP contribution in [0.25, 0.3) is 11.1 Å². The van der Waals surface area contributed by atoms with Gasteiger partial charge in [0.15, 0.2) is 0 Å². The summed E-state index contributed by atoms with van der Waals surface area (Å²) in [5, 5.41) is 10.6. The molecule has 0 aliphatic rings. The molecular weight excluding hydrogens is 278 g/mol. The molecule has 0 fully saturated rings. The van der Waals surface area contributed by atoms with E-state index in [0.29, 0.717) is 22.8 Å². The van der Waals surface area contributed by atoms with Crippen molar-refractivity contribution < 1.29 is 5.11 Å². The minimum atomic E-state index is -0.353. The van der Waals surface area contributed by atoms with E-state index in [1.54, 1.807) is 24.3 Å². The first kappa shape index (κ1) is 14.6. The van der Waals surface area contributed by atoms with E-state index < -0.39 is 0 Å². The van der Waals surface area contributed by atoms with E-state index in [-0.39, 0.29) is 17.0 Å². The second-order valence-corrected chi connectivity index (χ2v) is 5.21. The van der Waals surface area contributed by atoms with Crippen LogP contribution >= 0.6 is 11.6 Å². The minimum Gasteiger partial charge on any atom is -0.493 e. The number of rotatable bonds is 4. The first-order valence-electron chi connectivity index (χ1n) is 6.20. The Morgan fingerprint density at radius 3 is 2.50 bits per heavy atom. The molecule has 1 heterocycles. The van der Waals surface area contributed by atoms with Crippen LogP contribution in [0, 0.1) is 0 Å². The predicted molar refractivity (Wildman–Crippen MR) is 79.2 cm³/mol. The number of hydrogen-bond donors (Lipinski definition) is 2. The van der Waals surface area contributed by atoms with Crippen molar-refractivity contribution >= 4 is 11.6 Å². The van der Waals surface area contributed by atoms with E-state index >= 15 is 0 Å². The number of likely N-dealkylation sites (N-methyl/N-ethyl adjacent to an activating group) is 1. The molecule has 0 aliphatic heterocycles. The van der Waals surface area contributed by atoms with Crippen molar-refractivity contribution in [3.05, 3.63) is 45.5 Å². The van der Waals surface area contributed by atoms with Gasteiger partial charge in [-0.05, 0) is 31.8 Å². The summed E-state index contributed by atoms with van der Waals surface area (Å²) < 4.78 is 0. The number of nitrogens with one attached hydrogen (secondary N) is 1. The highest BCUT2D eigenvalue weighted by Crippen LogP contribution is 2.24. The van der Waals surface area contributed by atoms with Gasteiger partial charge in [-0.25, -0.2) is 0 Å². The Hall–Kier alpha value is -1.85. The second-order valence-electron chi connectivity index (χ2n) is 4.77. The minimum absolute atomic E-state index is 0.162. The van der Waals surface area contributed by atoms with Crippen molar-refractivity contribution in [2.24, 2.45) is 0 Å². The van der Waals surface area contributed by atoms with Crippen LogP contribution in [0.5, 0.6) is 5.88 Å². The van der Waals surface area contributed by atoms with Gasteiger partial charge in [-0.15, -0.1) is 0 Å². The average Bonchev–Trinajstić information content (AvgIpc) is 2.38. The van der Waals surface area contributed by atoms with Crippen molar-refractivity contribution in [1.29, 1.82) is 0 Å². The van der Waals surface area contributed by atoms with Crippen LogP contribution < -0.4 is 5.56 Å². The van der Waals surface area contributed by atoms with Crippen LogP contribution in [0.15, 0.2) is 29.1 Å². The molecule has 1 aromatic carbocycles. The topological polar surface area (TPSA) is 69.2 Å². The molecule has 0 amide bonds. The number of hydrogen-bond acceptors (Lipinski definition) is 4. The Morgan fingerprint density at radius 2 is 1.95 bits per heavy atom. The molecule has 0 saturated heterocycles. The van der Waals surface area contributed by atoms with Gasteiger partial charge in [0.25, 0.3) is 5.56 Å². The molecule has 0 bridgehead atoms. The number of aromatic amines is 1. The molecule has 0 unspecified atom stereocenters. The predicted octanol–water partition coefficient (Wildman–Crippen LogP) is 1.90. The summed E-state index contributed by atoms with van der Waals surface area (Å²) in [7, 11) is 3.86. The molecule has 106 valence electrons. The van der Waals surface area contributed by atoms with Crippen molar-refractivity contribution in [3.8, 4) is 17.0 Å². The van der Waals surface area contributed by atoms with Crippen LogP contribution in [0.2, 0.25) is 5.02 Å². The summed E-state index contributed by atoms with van der Waals surface area (Å²) in [5.41, 5.74) is 0.392. The van der Waals surface area contributed by atoms with E-state index in [9.17, 15) is 9.90 Å². The van der Waals surface area contributed by atoms with Crippen molar-refractivity contribution in [3.63, 3.8) is 0 Å². The third-order valence-corrected chi connectivity index (χ3v) is 3.13. The molecular formula is C14H16ClN3O2. The first-order chi connectivity index (χ1) is 9.47. The highest BCUT2D eigenvalue weighted by molar-refractivity contribution is 6.30. The van der Waals surface area contributed by atoms with Crippen LogP contribution in [-0.2, 0) is 6.42 Å². The molecule has 0 radical (unpaired) electrons. The van der Waals surface area contributed by atoms with E-state index in [1.807, 2.05) is 19.0 Å². The van der Waals surface area contributed by atoms with Gasteiger partial charge in [-0.2, -0.15) is 4.98 Å². The SMILES string of the molecule is CN(C)CCc1nc(O)c(-c2ccc(Cl)cc2)c(=O)[nH]1. The Bertz CT molecular complexity index is 650. The lowest BCUT2D eigenvalue weighted by Gasteiger charge is -2.10. The zero-order valence-corrected chi connectivity index (χ0v) is 12.1. The number of benzene rings is 1. The summed E-state index contributed by atoms with van der Waals surface area (Å²) in [5.74, 6) is 0.212. The van der Waals surface area contributed by atoms with E-state index in [2.05, 4.69) is 9.97 Å². The van der Waals surface area contributed by atoms with Crippen molar-refractivity contribution in [2.75, 3.05) is 20.6 Å². The summed E-state index contributed by atoms with van der Waals surface area (Å²) in [4.78, 5) is 20.8. The highest BCUT2D eigenvalue weighted by Gasteiger charge is 2.13. The third kappa shape index (κ3) is 3.37. The molecule has 2 aromatic rings. The molecule has 2 N–H and O–H groups in total. The van der Waals surface area contributed by atoms with Gasteiger partial charge in [0.05, 0.1) is 0 Å². The monoisotopic (exact) mass is 293 g/mol. The lowest BCUT2D eigenvalue weighted by Crippen LogP contribution is -2.20. The smallest absolute Gasteiger partial charge is 0.262 e. The Kier molecular flexibility index (Phi) is 4.42. The lowest BCUT2D eigenvalue weighted by molar-refractivity contribution is 0.404. The molecule has 6 heteroatoms. The van der Waals surface area contributed by atoms with Gasteiger partial charge < -0.3 is 15.0 Å². The second kappa shape index (κ2) is 6.07. The Morgan fingerprint density at radius 1 is 1.30 bits per heavy atom. The van der Waals surface area contributed by atoms with Crippen LogP contribution in [0.4, 0.5) is 0 Å². The summed E-state index contributed by atoms with van der Waals surface area (Å²) in [6, 6.07) is 6.67. The van der Waals surface area contributed by atoms with Gasteiger partial charge in [-0.3, -0.25) is 4.79 Å². The van der Waals surface area contributed by atoms with Crippen molar-refractivity contribution in [1.82, 2.24) is 14.9 Å². The fourth-order valence-corrected chi connectivity index (χ4v) is 1.96. The van der Waals surface area contributed by atoms with Gasteiger partial charge in [0, 0.05) is 18.0 Å². The average molecular weight is 294 g/mol. The summed E-state index contributed by atoms with van der Waals surface area (Å²) in [6.07, 6.45) is 0.566. The lowest BCUT2D eigenvalue weighted by atomic mass is 10.1. The number of aromatic nitrogens is 2. The molecule has 0 atom stereocenters. The number of aromatic hydroxyl groups is 1. The first-order valence-corrected chi connectivity index (χ1v) is 6.58. The fraction of sp³-hybridized carbons (Fsp3) is 0.286. The van der Waals surface area contributed by atoms with E-state index in [1.165, 1.54) is 0 Å². The maximum Gasteiger partial charge on any atom is 0.262 e. The molecule has 2 rings (SSSR count). The van der Waals surface area contributed by atoms with Crippen molar-refractivity contribution in [2.45, 2.75) is 6.42 Å². The number of halogens is 1. The molecule has 5 nitrogen and oxygen atoms in total. The maximum absolute atomic E-state index is 12.1. The maximum atomic E-state index is 12.1. The summed E-state index contributed by atoms with van der Waals surface area (Å²) in [6.45, 7) is 0.739.